The first-order valence-electron chi connectivity index (χ1n) is 13.1. The number of amides is 1. The van der Waals surface area contributed by atoms with Gasteiger partial charge in [0.1, 0.15) is 11.9 Å². The van der Waals surface area contributed by atoms with Gasteiger partial charge in [0.15, 0.2) is 0 Å². The molecule has 10 nitrogen and oxygen atoms in total. The molecule has 0 bridgehead atoms. The lowest BCUT2D eigenvalue weighted by molar-refractivity contribution is -0.149. The van der Waals surface area contributed by atoms with E-state index in [-0.39, 0.29) is 17.7 Å². The van der Waals surface area contributed by atoms with Crippen LogP contribution in [0.2, 0.25) is 0 Å². The van der Waals surface area contributed by atoms with Gasteiger partial charge in [-0.2, -0.15) is 0 Å². The summed E-state index contributed by atoms with van der Waals surface area (Å²) in [7, 11) is 3.40. The summed E-state index contributed by atoms with van der Waals surface area (Å²) in [5.74, 6) is -2.38. The molecule has 0 radical (unpaired) electrons. The summed E-state index contributed by atoms with van der Waals surface area (Å²) in [6, 6.07) is 14.5. The number of ether oxygens (including phenoxy) is 1. The van der Waals surface area contributed by atoms with E-state index in [1.54, 1.807) is 64.3 Å². The van der Waals surface area contributed by atoms with Gasteiger partial charge in [-0.1, -0.05) is 24.3 Å². The second-order valence-corrected chi connectivity index (χ2v) is 9.95. The van der Waals surface area contributed by atoms with E-state index in [2.05, 4.69) is 10.6 Å². The minimum Gasteiger partial charge on any atom is -0.461 e. The number of nitrogens with two attached hydrogens (primary N) is 1. The van der Waals surface area contributed by atoms with Crippen molar-refractivity contribution in [1.82, 2.24) is 19.8 Å². The smallest absolute Gasteiger partial charge is 0.335 e. The highest BCUT2D eigenvalue weighted by atomic mass is 19.1. The van der Waals surface area contributed by atoms with E-state index in [1.807, 2.05) is 6.07 Å². The Bertz CT molecular complexity index is 1710. The Morgan fingerprint density at radius 3 is 2.34 bits per heavy atom. The lowest BCUT2D eigenvalue weighted by atomic mass is 10.0. The van der Waals surface area contributed by atoms with E-state index in [4.69, 9.17) is 10.5 Å². The molecule has 0 unspecified atom stereocenters. The van der Waals surface area contributed by atoms with Crippen LogP contribution in [0.25, 0.3) is 16.6 Å². The maximum atomic E-state index is 14.3. The van der Waals surface area contributed by atoms with Gasteiger partial charge in [0, 0.05) is 25.7 Å². The molecule has 0 spiro atoms. The summed E-state index contributed by atoms with van der Waals surface area (Å²) < 4.78 is 22.1. The maximum absolute atomic E-state index is 14.3. The number of benzene rings is 3. The molecule has 0 aliphatic carbocycles. The number of hydrogen-bond donors (Lipinski definition) is 3. The number of halogens is 1. The summed E-state index contributed by atoms with van der Waals surface area (Å²) in [6.45, 7) is 3.90. The predicted octanol–water partition coefficient (Wildman–Crippen LogP) is 2.42. The first-order valence-corrected chi connectivity index (χ1v) is 13.1. The van der Waals surface area contributed by atoms with Gasteiger partial charge in [-0.15, -0.1) is 0 Å². The average molecular weight is 562 g/mol. The predicted molar refractivity (Wildman–Crippen MR) is 155 cm³/mol. The zero-order valence-electron chi connectivity index (χ0n) is 23.2. The summed E-state index contributed by atoms with van der Waals surface area (Å²) in [4.78, 5) is 52.3. The number of rotatable bonds is 9. The standard InChI is InChI=1S/C30H32FN5O5/c1-17(2)41-29(39)24(34-27(37)26-22(31)6-5-7-23(26)32)15-18-8-11-20(12-9-18)36-28(38)21-14-19(16-33-3)10-13-25(21)35(4)30(36)40/h5-14,17,24,33H,15-16,32H2,1-4H3,(H,34,37)/t24-/m0/s1. The molecule has 11 heteroatoms. The van der Waals surface area contributed by atoms with Gasteiger partial charge in [0.05, 0.1) is 28.3 Å². The normalized spacial score (nSPS) is 12.0. The third-order valence-corrected chi connectivity index (χ3v) is 6.56. The zero-order valence-corrected chi connectivity index (χ0v) is 23.2. The van der Waals surface area contributed by atoms with Gasteiger partial charge in [-0.05, 0) is 68.4 Å². The SMILES string of the molecule is CNCc1ccc2c(c1)c(=O)n(-c1ccc(C[C@H](NC(=O)c3c(N)cccc3F)C(=O)OC(C)C)cc1)c(=O)n2C. The van der Waals surface area contributed by atoms with E-state index in [1.165, 1.54) is 16.7 Å². The molecule has 3 aromatic carbocycles. The van der Waals surface area contributed by atoms with Crippen molar-refractivity contribution in [1.29, 1.82) is 0 Å². The van der Waals surface area contributed by atoms with Gasteiger partial charge in [-0.3, -0.25) is 14.2 Å². The number of anilines is 1. The van der Waals surface area contributed by atoms with Crippen LogP contribution in [-0.2, 0) is 29.5 Å². The van der Waals surface area contributed by atoms with Crippen LogP contribution < -0.4 is 27.6 Å². The number of aryl methyl sites for hydroxylation is 1. The second kappa shape index (κ2) is 12.2. The fourth-order valence-electron chi connectivity index (χ4n) is 4.58. The Hall–Kier alpha value is -4.77. The number of nitrogen functional groups attached to an aromatic ring is 1. The maximum Gasteiger partial charge on any atom is 0.335 e. The molecule has 4 N–H and O–H groups in total. The molecule has 1 atom stereocenters. The first-order chi connectivity index (χ1) is 19.5. The second-order valence-electron chi connectivity index (χ2n) is 9.95. The van der Waals surface area contributed by atoms with Crippen LogP contribution in [0.1, 0.15) is 35.3 Å². The zero-order chi connectivity index (χ0) is 29.8. The monoisotopic (exact) mass is 561 g/mol. The van der Waals surface area contributed by atoms with E-state index >= 15 is 0 Å². The van der Waals surface area contributed by atoms with E-state index < -0.39 is 41.1 Å². The summed E-state index contributed by atoms with van der Waals surface area (Å²) in [5.41, 5.74) is 6.75. The van der Waals surface area contributed by atoms with Crippen LogP contribution in [0.4, 0.5) is 10.1 Å². The number of hydrogen-bond acceptors (Lipinski definition) is 7. The van der Waals surface area contributed by atoms with Crippen molar-refractivity contribution in [3.8, 4) is 5.69 Å². The average Bonchev–Trinajstić information content (AvgIpc) is 2.92. The summed E-state index contributed by atoms with van der Waals surface area (Å²) in [6.07, 6.45) is -0.448. The number of fused-ring (bicyclic) bond motifs is 1. The van der Waals surface area contributed by atoms with Gasteiger partial charge in [-0.25, -0.2) is 18.5 Å². The Morgan fingerprint density at radius 1 is 1.02 bits per heavy atom. The molecule has 0 aliphatic heterocycles. The molecular formula is C30H32FN5O5. The van der Waals surface area contributed by atoms with Crippen molar-refractivity contribution in [3.05, 3.63) is 104 Å². The molecule has 1 amide bonds. The van der Waals surface area contributed by atoms with Crippen LogP contribution in [-0.4, -0.2) is 40.2 Å². The van der Waals surface area contributed by atoms with Gasteiger partial charge >= 0.3 is 11.7 Å². The van der Waals surface area contributed by atoms with Crippen molar-refractivity contribution in [2.24, 2.45) is 7.05 Å². The molecule has 41 heavy (non-hydrogen) atoms. The number of nitrogens with one attached hydrogen (secondary N) is 2. The van der Waals surface area contributed by atoms with Gasteiger partial charge < -0.3 is 21.1 Å². The molecule has 0 saturated heterocycles. The van der Waals surface area contributed by atoms with E-state index in [0.29, 0.717) is 28.7 Å². The van der Waals surface area contributed by atoms with Crippen molar-refractivity contribution in [3.63, 3.8) is 0 Å². The lowest BCUT2D eigenvalue weighted by Crippen LogP contribution is -2.44. The molecule has 4 rings (SSSR count). The van der Waals surface area contributed by atoms with Crippen molar-refractivity contribution < 1.29 is 18.7 Å². The number of esters is 1. The summed E-state index contributed by atoms with van der Waals surface area (Å²) >= 11 is 0. The third kappa shape index (κ3) is 6.20. The van der Waals surface area contributed by atoms with Gasteiger partial charge in [0.25, 0.3) is 11.5 Å². The van der Waals surface area contributed by atoms with Crippen molar-refractivity contribution >= 4 is 28.5 Å². The largest absolute Gasteiger partial charge is 0.461 e. The minimum absolute atomic E-state index is 0.00391. The molecule has 1 aromatic heterocycles. The molecular weight excluding hydrogens is 529 g/mol. The topological polar surface area (TPSA) is 137 Å². The molecule has 1 heterocycles. The first kappa shape index (κ1) is 29.2. The molecule has 214 valence electrons. The quantitative estimate of drug-likeness (QED) is 0.211. The van der Waals surface area contributed by atoms with Crippen molar-refractivity contribution in [2.45, 2.75) is 39.0 Å². The third-order valence-electron chi connectivity index (χ3n) is 6.56. The Labute approximate surface area is 235 Å². The van der Waals surface area contributed by atoms with Crippen LogP contribution in [0, 0.1) is 5.82 Å². The van der Waals surface area contributed by atoms with Crippen LogP contribution >= 0.6 is 0 Å². The van der Waals surface area contributed by atoms with Crippen LogP contribution in [0.5, 0.6) is 0 Å². The highest BCUT2D eigenvalue weighted by Crippen LogP contribution is 2.17. The number of carbonyl (C=O) groups excluding carboxylic acids is 2. The van der Waals surface area contributed by atoms with Gasteiger partial charge in [0.2, 0.25) is 0 Å². The number of carbonyl (C=O) groups is 2. The molecule has 4 aromatic rings. The Morgan fingerprint density at radius 2 is 1.71 bits per heavy atom. The van der Waals surface area contributed by atoms with Crippen LogP contribution in [0.3, 0.4) is 0 Å². The number of aromatic nitrogens is 2. The minimum atomic E-state index is -1.16. The highest BCUT2D eigenvalue weighted by Gasteiger charge is 2.26. The molecule has 0 saturated carbocycles. The van der Waals surface area contributed by atoms with E-state index in [9.17, 15) is 23.6 Å². The van der Waals surface area contributed by atoms with E-state index in [0.717, 1.165) is 16.2 Å². The summed E-state index contributed by atoms with van der Waals surface area (Å²) in [5, 5.41) is 5.97. The molecule has 0 fully saturated rings. The highest BCUT2D eigenvalue weighted by molar-refractivity contribution is 6.01. The Balaban J connectivity index is 1.66. The fourth-order valence-corrected chi connectivity index (χ4v) is 4.58. The Kier molecular flexibility index (Phi) is 8.68. The van der Waals surface area contributed by atoms with Crippen LogP contribution in [0.15, 0.2) is 70.3 Å². The van der Waals surface area contributed by atoms with Crippen molar-refractivity contribution in [2.75, 3.05) is 12.8 Å². The lowest BCUT2D eigenvalue weighted by Gasteiger charge is -2.20. The fraction of sp³-hybridized carbons (Fsp3) is 0.267. The molecule has 0 aliphatic rings. The number of nitrogens with zero attached hydrogens (tertiary/aromatic N) is 2.